The highest BCUT2D eigenvalue weighted by atomic mass is 16.7. The molecule has 1 aliphatic rings. The summed E-state index contributed by atoms with van der Waals surface area (Å²) in [7, 11) is 5.28. The van der Waals surface area contributed by atoms with Gasteiger partial charge in [-0.05, 0) is 37.1 Å². The smallest absolute Gasteiger partial charge is 0.171 e. The van der Waals surface area contributed by atoms with Crippen molar-refractivity contribution in [3.8, 4) is 5.75 Å². The fraction of sp³-hybridized carbons (Fsp3) is 0.600. The molecule has 1 N–H and O–H groups in total. The fourth-order valence-corrected chi connectivity index (χ4v) is 2.56. The minimum Gasteiger partial charge on any atom is -0.493 e. The van der Waals surface area contributed by atoms with E-state index in [0.717, 1.165) is 31.6 Å². The molecule has 0 saturated heterocycles. The summed E-state index contributed by atoms with van der Waals surface area (Å²) in [4.78, 5) is 0. The number of fused-ring (bicyclic) bond motifs is 1. The van der Waals surface area contributed by atoms with Gasteiger partial charge in [-0.15, -0.1) is 0 Å². The molecule has 4 heteroatoms. The molecule has 19 heavy (non-hydrogen) atoms. The van der Waals surface area contributed by atoms with Crippen LogP contribution in [-0.4, -0.2) is 40.2 Å². The molecule has 0 radical (unpaired) electrons. The summed E-state index contributed by atoms with van der Waals surface area (Å²) in [5.74, 6) is 1.04. The van der Waals surface area contributed by atoms with Crippen LogP contribution < -0.4 is 10.1 Å². The molecule has 0 bridgehead atoms. The predicted molar refractivity (Wildman–Crippen MR) is 74.6 cm³/mol. The van der Waals surface area contributed by atoms with Gasteiger partial charge in [-0.25, -0.2) is 0 Å². The lowest BCUT2D eigenvalue weighted by molar-refractivity contribution is -0.122. The van der Waals surface area contributed by atoms with Crippen molar-refractivity contribution >= 4 is 0 Å². The van der Waals surface area contributed by atoms with Crippen LogP contribution in [0.1, 0.15) is 17.5 Å². The first-order valence-electron chi connectivity index (χ1n) is 6.76. The van der Waals surface area contributed by atoms with Crippen LogP contribution in [0.3, 0.4) is 0 Å². The highest BCUT2D eigenvalue weighted by Gasteiger charge is 2.19. The van der Waals surface area contributed by atoms with E-state index in [-0.39, 0.29) is 12.3 Å². The SMILES string of the molecule is CNC(CCc1ccc2c(c1)CCO2)C(OC)OC. The van der Waals surface area contributed by atoms with E-state index in [4.69, 9.17) is 14.2 Å². The Kier molecular flexibility index (Phi) is 5.19. The summed E-state index contributed by atoms with van der Waals surface area (Å²) in [6.07, 6.45) is 2.80. The first kappa shape index (κ1) is 14.3. The lowest BCUT2D eigenvalue weighted by Crippen LogP contribution is -2.40. The van der Waals surface area contributed by atoms with Gasteiger partial charge < -0.3 is 19.5 Å². The predicted octanol–water partition coefficient (Wildman–Crippen LogP) is 1.76. The van der Waals surface area contributed by atoms with Crippen molar-refractivity contribution in [3.05, 3.63) is 29.3 Å². The average molecular weight is 265 g/mol. The largest absolute Gasteiger partial charge is 0.493 e. The first-order valence-corrected chi connectivity index (χ1v) is 6.76. The van der Waals surface area contributed by atoms with E-state index in [2.05, 4.69) is 23.5 Å². The standard InChI is InChI=1S/C15H23NO3/c1-16-13(15(17-2)18-3)6-4-11-5-7-14-12(10-11)8-9-19-14/h5,7,10,13,15-16H,4,6,8-9H2,1-3H3. The Bertz CT molecular complexity index is 404. The Hall–Kier alpha value is -1.10. The Morgan fingerprint density at radius 1 is 1.32 bits per heavy atom. The van der Waals surface area contributed by atoms with Gasteiger partial charge in [0, 0.05) is 20.6 Å². The summed E-state index contributed by atoms with van der Waals surface area (Å²) in [6, 6.07) is 6.67. The van der Waals surface area contributed by atoms with Crippen LogP contribution in [0.4, 0.5) is 0 Å². The van der Waals surface area contributed by atoms with E-state index < -0.39 is 0 Å². The molecule has 4 nitrogen and oxygen atoms in total. The molecule has 1 aliphatic heterocycles. The van der Waals surface area contributed by atoms with Gasteiger partial charge in [0.1, 0.15) is 5.75 Å². The average Bonchev–Trinajstić information content (AvgIpc) is 2.90. The molecular formula is C15H23NO3. The zero-order valence-corrected chi connectivity index (χ0v) is 11.9. The number of likely N-dealkylation sites (N-methyl/N-ethyl adjacent to an activating group) is 1. The molecule has 1 atom stereocenters. The second-order valence-corrected chi connectivity index (χ2v) is 4.81. The van der Waals surface area contributed by atoms with Crippen LogP contribution in [0.5, 0.6) is 5.75 Å². The molecular weight excluding hydrogens is 242 g/mol. The van der Waals surface area contributed by atoms with Crippen LogP contribution in [0.25, 0.3) is 0 Å². The third kappa shape index (κ3) is 3.47. The molecule has 0 saturated carbocycles. The molecule has 0 aromatic heterocycles. The van der Waals surface area contributed by atoms with Crippen molar-refractivity contribution < 1.29 is 14.2 Å². The number of methoxy groups -OCH3 is 2. The normalized spacial score (nSPS) is 15.4. The van der Waals surface area contributed by atoms with Gasteiger partial charge in [-0.1, -0.05) is 12.1 Å². The molecule has 1 heterocycles. The van der Waals surface area contributed by atoms with Crippen LogP contribution in [0.2, 0.25) is 0 Å². The molecule has 0 amide bonds. The number of ether oxygens (including phenoxy) is 3. The molecule has 1 unspecified atom stereocenters. The molecule has 0 aliphatic carbocycles. The van der Waals surface area contributed by atoms with Crippen LogP contribution >= 0.6 is 0 Å². The van der Waals surface area contributed by atoms with Gasteiger partial charge in [0.2, 0.25) is 0 Å². The fourth-order valence-electron chi connectivity index (χ4n) is 2.56. The molecule has 0 fully saturated rings. The molecule has 106 valence electrons. The quantitative estimate of drug-likeness (QED) is 0.763. The van der Waals surface area contributed by atoms with E-state index in [1.807, 2.05) is 7.05 Å². The number of nitrogens with one attached hydrogen (secondary N) is 1. The summed E-state index contributed by atoms with van der Waals surface area (Å²) in [5.41, 5.74) is 2.67. The number of hydrogen-bond acceptors (Lipinski definition) is 4. The van der Waals surface area contributed by atoms with Crippen molar-refractivity contribution in [1.29, 1.82) is 0 Å². The lowest BCUT2D eigenvalue weighted by Gasteiger charge is -2.24. The van der Waals surface area contributed by atoms with E-state index in [1.54, 1.807) is 14.2 Å². The van der Waals surface area contributed by atoms with Crippen molar-refractivity contribution in [3.63, 3.8) is 0 Å². The lowest BCUT2D eigenvalue weighted by atomic mass is 10.0. The van der Waals surface area contributed by atoms with Crippen molar-refractivity contribution in [2.45, 2.75) is 31.6 Å². The number of hydrogen-bond donors (Lipinski definition) is 1. The second-order valence-electron chi connectivity index (χ2n) is 4.81. The Labute approximate surface area is 115 Å². The van der Waals surface area contributed by atoms with Crippen molar-refractivity contribution in [1.82, 2.24) is 5.32 Å². The summed E-state index contributed by atoms with van der Waals surface area (Å²) < 4.78 is 16.1. The molecule has 0 spiro atoms. The minimum absolute atomic E-state index is 0.194. The maximum absolute atomic E-state index is 5.52. The molecule has 1 aromatic rings. The summed E-state index contributed by atoms with van der Waals surface area (Å²) >= 11 is 0. The number of rotatable bonds is 7. The summed E-state index contributed by atoms with van der Waals surface area (Å²) in [6.45, 7) is 0.813. The highest BCUT2D eigenvalue weighted by Crippen LogP contribution is 2.26. The van der Waals surface area contributed by atoms with Gasteiger partial charge in [-0.2, -0.15) is 0 Å². The Balaban J connectivity index is 1.93. The first-order chi connectivity index (χ1) is 9.28. The maximum atomic E-state index is 5.52. The van der Waals surface area contributed by atoms with Gasteiger partial charge in [0.25, 0.3) is 0 Å². The van der Waals surface area contributed by atoms with Crippen LogP contribution in [0.15, 0.2) is 18.2 Å². The van der Waals surface area contributed by atoms with Crippen LogP contribution in [-0.2, 0) is 22.3 Å². The number of aryl methyl sites for hydroxylation is 1. The third-order valence-electron chi connectivity index (χ3n) is 3.66. The summed E-state index contributed by atoms with van der Waals surface area (Å²) in [5, 5.41) is 3.25. The van der Waals surface area contributed by atoms with Crippen molar-refractivity contribution in [2.75, 3.05) is 27.9 Å². The third-order valence-corrected chi connectivity index (χ3v) is 3.66. The van der Waals surface area contributed by atoms with Crippen LogP contribution in [0, 0.1) is 0 Å². The van der Waals surface area contributed by atoms with Gasteiger partial charge in [0.05, 0.1) is 12.6 Å². The van der Waals surface area contributed by atoms with Crippen molar-refractivity contribution in [2.24, 2.45) is 0 Å². The van der Waals surface area contributed by atoms with E-state index in [9.17, 15) is 0 Å². The van der Waals surface area contributed by atoms with Gasteiger partial charge in [0.15, 0.2) is 6.29 Å². The zero-order chi connectivity index (χ0) is 13.7. The maximum Gasteiger partial charge on any atom is 0.171 e. The van der Waals surface area contributed by atoms with Gasteiger partial charge >= 0.3 is 0 Å². The van der Waals surface area contributed by atoms with E-state index in [0.29, 0.717) is 0 Å². The zero-order valence-electron chi connectivity index (χ0n) is 11.9. The molecule has 1 aromatic carbocycles. The minimum atomic E-state index is -0.206. The van der Waals surface area contributed by atoms with Gasteiger partial charge in [-0.3, -0.25) is 0 Å². The van der Waals surface area contributed by atoms with E-state index in [1.165, 1.54) is 11.1 Å². The number of benzene rings is 1. The topological polar surface area (TPSA) is 39.7 Å². The second kappa shape index (κ2) is 6.89. The Morgan fingerprint density at radius 2 is 2.11 bits per heavy atom. The monoisotopic (exact) mass is 265 g/mol. The molecule has 2 rings (SSSR count). The van der Waals surface area contributed by atoms with E-state index >= 15 is 0 Å². The highest BCUT2D eigenvalue weighted by molar-refractivity contribution is 5.39. The Morgan fingerprint density at radius 3 is 2.79 bits per heavy atom.